The molecule has 0 spiro atoms. The Morgan fingerprint density at radius 2 is 1.62 bits per heavy atom. The predicted octanol–water partition coefficient (Wildman–Crippen LogP) is 4.19. The van der Waals surface area contributed by atoms with Crippen molar-refractivity contribution in [2.24, 2.45) is 5.41 Å². The van der Waals surface area contributed by atoms with Gasteiger partial charge in [0.25, 0.3) is 0 Å². The number of hydrogen-bond donors (Lipinski definition) is 0. The summed E-state index contributed by atoms with van der Waals surface area (Å²) in [6.45, 7) is 10.5. The van der Waals surface area contributed by atoms with E-state index in [-0.39, 0.29) is 12.6 Å². The van der Waals surface area contributed by atoms with Crippen LogP contribution in [0.2, 0.25) is 0 Å². The third kappa shape index (κ3) is 7.45. The van der Waals surface area contributed by atoms with Crippen molar-refractivity contribution in [1.29, 1.82) is 0 Å². The normalized spacial score (nSPS) is 12.8. The van der Waals surface area contributed by atoms with E-state index >= 15 is 0 Å². The molecule has 0 aromatic heterocycles. The predicted molar refractivity (Wildman–Crippen MR) is 96.1 cm³/mol. The van der Waals surface area contributed by atoms with Gasteiger partial charge in [-0.1, -0.05) is 37.3 Å². The van der Waals surface area contributed by atoms with Gasteiger partial charge in [-0.2, -0.15) is 0 Å². The van der Waals surface area contributed by atoms with Gasteiger partial charge in [0, 0.05) is 6.61 Å². The summed E-state index contributed by atoms with van der Waals surface area (Å²) in [5.74, 6) is 0.196. The molecule has 4 heteroatoms. The molecular weight excluding hydrogens is 304 g/mol. The SMILES string of the molecule is CCOCCOCCOC(=O)C(C)(C)CC(CC)c1ccccc1. The van der Waals surface area contributed by atoms with Crippen molar-refractivity contribution in [2.45, 2.75) is 46.5 Å². The van der Waals surface area contributed by atoms with Gasteiger partial charge in [-0.25, -0.2) is 0 Å². The van der Waals surface area contributed by atoms with E-state index in [1.807, 2.05) is 39.0 Å². The molecule has 0 saturated heterocycles. The third-order valence-corrected chi connectivity index (χ3v) is 4.11. The minimum atomic E-state index is -0.512. The fourth-order valence-electron chi connectivity index (χ4n) is 2.68. The summed E-state index contributed by atoms with van der Waals surface area (Å²) in [6.07, 6.45) is 1.78. The van der Waals surface area contributed by atoms with Gasteiger partial charge in [-0.15, -0.1) is 0 Å². The fraction of sp³-hybridized carbons (Fsp3) is 0.650. The summed E-state index contributed by atoms with van der Waals surface area (Å²) in [6, 6.07) is 10.4. The van der Waals surface area contributed by atoms with Crippen LogP contribution >= 0.6 is 0 Å². The lowest BCUT2D eigenvalue weighted by atomic mass is 9.79. The van der Waals surface area contributed by atoms with E-state index in [9.17, 15) is 4.79 Å². The maximum absolute atomic E-state index is 12.4. The summed E-state index contributed by atoms with van der Waals surface area (Å²) in [4.78, 5) is 12.4. The Morgan fingerprint density at radius 1 is 1.00 bits per heavy atom. The number of esters is 1. The van der Waals surface area contributed by atoms with Crippen molar-refractivity contribution in [1.82, 2.24) is 0 Å². The zero-order chi connectivity index (χ0) is 17.8. The fourth-order valence-corrected chi connectivity index (χ4v) is 2.68. The first kappa shape index (κ1) is 20.7. The van der Waals surface area contributed by atoms with E-state index in [4.69, 9.17) is 14.2 Å². The van der Waals surface area contributed by atoms with Crippen LogP contribution in [-0.4, -0.2) is 39.0 Å². The van der Waals surface area contributed by atoms with Crippen molar-refractivity contribution in [3.05, 3.63) is 35.9 Å². The number of hydrogen-bond acceptors (Lipinski definition) is 4. The molecule has 136 valence electrons. The minimum Gasteiger partial charge on any atom is -0.463 e. The van der Waals surface area contributed by atoms with Gasteiger partial charge in [-0.3, -0.25) is 4.79 Å². The Bertz CT molecular complexity index is 456. The van der Waals surface area contributed by atoms with E-state index in [1.165, 1.54) is 5.56 Å². The standard InChI is InChI=1S/C20H32O4/c1-5-17(18-10-8-7-9-11-18)16-20(3,4)19(21)24-15-14-23-13-12-22-6-2/h7-11,17H,5-6,12-16H2,1-4H3. The average molecular weight is 336 g/mol. The van der Waals surface area contributed by atoms with Crippen molar-refractivity contribution in [2.75, 3.05) is 33.0 Å². The second-order valence-corrected chi connectivity index (χ2v) is 6.55. The molecule has 1 rings (SSSR count). The quantitative estimate of drug-likeness (QED) is 0.424. The largest absolute Gasteiger partial charge is 0.463 e. The maximum atomic E-state index is 12.4. The van der Waals surface area contributed by atoms with Crippen molar-refractivity contribution >= 4 is 5.97 Å². The summed E-state index contributed by atoms with van der Waals surface area (Å²) >= 11 is 0. The highest BCUT2D eigenvalue weighted by molar-refractivity contribution is 5.76. The van der Waals surface area contributed by atoms with Crippen LogP contribution in [-0.2, 0) is 19.0 Å². The number of rotatable bonds is 12. The van der Waals surface area contributed by atoms with Crippen LogP contribution in [0.3, 0.4) is 0 Å². The molecule has 0 aliphatic heterocycles. The third-order valence-electron chi connectivity index (χ3n) is 4.11. The van der Waals surface area contributed by atoms with Gasteiger partial charge in [0.15, 0.2) is 0 Å². The molecule has 0 aliphatic rings. The van der Waals surface area contributed by atoms with Crippen LogP contribution < -0.4 is 0 Å². The zero-order valence-electron chi connectivity index (χ0n) is 15.5. The van der Waals surface area contributed by atoms with Crippen molar-refractivity contribution < 1.29 is 19.0 Å². The Morgan fingerprint density at radius 3 is 2.25 bits per heavy atom. The Kier molecular flexibility index (Phi) is 9.65. The zero-order valence-corrected chi connectivity index (χ0v) is 15.5. The van der Waals surface area contributed by atoms with Crippen molar-refractivity contribution in [3.63, 3.8) is 0 Å². The van der Waals surface area contributed by atoms with Crippen LogP contribution in [0.15, 0.2) is 30.3 Å². The molecule has 0 fully saturated rings. The van der Waals surface area contributed by atoms with Crippen LogP contribution in [0.5, 0.6) is 0 Å². The second kappa shape index (κ2) is 11.2. The molecule has 1 aromatic carbocycles. The molecular formula is C20H32O4. The van der Waals surface area contributed by atoms with Gasteiger partial charge >= 0.3 is 5.97 Å². The molecule has 0 heterocycles. The molecule has 0 amide bonds. The monoisotopic (exact) mass is 336 g/mol. The van der Waals surface area contributed by atoms with Gasteiger partial charge < -0.3 is 14.2 Å². The molecule has 4 nitrogen and oxygen atoms in total. The lowest BCUT2D eigenvalue weighted by Crippen LogP contribution is -2.29. The molecule has 0 bridgehead atoms. The number of carbonyl (C=O) groups is 1. The first-order valence-electron chi connectivity index (χ1n) is 8.89. The Hall–Kier alpha value is -1.39. The van der Waals surface area contributed by atoms with Gasteiger partial charge in [0.1, 0.15) is 6.61 Å². The van der Waals surface area contributed by atoms with Gasteiger partial charge in [0.05, 0.1) is 25.2 Å². The van der Waals surface area contributed by atoms with E-state index in [2.05, 4.69) is 19.1 Å². The van der Waals surface area contributed by atoms with Crippen LogP contribution in [0.25, 0.3) is 0 Å². The summed E-state index contributed by atoms with van der Waals surface area (Å²) in [5, 5.41) is 0. The van der Waals surface area contributed by atoms with E-state index in [1.54, 1.807) is 0 Å². The highest BCUT2D eigenvalue weighted by Crippen LogP contribution is 2.34. The minimum absolute atomic E-state index is 0.162. The molecule has 1 aromatic rings. The number of benzene rings is 1. The first-order chi connectivity index (χ1) is 11.5. The average Bonchev–Trinajstić information content (AvgIpc) is 2.59. The molecule has 0 aliphatic carbocycles. The first-order valence-corrected chi connectivity index (χ1v) is 8.89. The molecule has 1 atom stereocenters. The van der Waals surface area contributed by atoms with Gasteiger partial charge in [0.2, 0.25) is 0 Å². The lowest BCUT2D eigenvalue weighted by molar-refractivity contribution is -0.156. The molecule has 0 radical (unpaired) electrons. The number of carbonyl (C=O) groups excluding carboxylic acids is 1. The summed E-state index contributed by atoms with van der Waals surface area (Å²) in [5.41, 5.74) is 0.766. The second-order valence-electron chi connectivity index (χ2n) is 6.55. The lowest BCUT2D eigenvalue weighted by Gasteiger charge is -2.27. The van der Waals surface area contributed by atoms with Crippen LogP contribution in [0, 0.1) is 5.41 Å². The maximum Gasteiger partial charge on any atom is 0.311 e. The molecule has 0 N–H and O–H groups in total. The number of ether oxygens (including phenoxy) is 3. The molecule has 1 unspecified atom stereocenters. The highest BCUT2D eigenvalue weighted by Gasteiger charge is 2.32. The topological polar surface area (TPSA) is 44.8 Å². The molecule has 0 saturated carbocycles. The van der Waals surface area contributed by atoms with E-state index in [0.717, 1.165) is 12.8 Å². The summed E-state index contributed by atoms with van der Waals surface area (Å²) in [7, 11) is 0. The van der Waals surface area contributed by atoms with Crippen molar-refractivity contribution in [3.8, 4) is 0 Å². The van der Waals surface area contributed by atoms with Crippen LogP contribution in [0.4, 0.5) is 0 Å². The van der Waals surface area contributed by atoms with E-state index in [0.29, 0.717) is 32.3 Å². The summed E-state index contributed by atoms with van der Waals surface area (Å²) < 4.78 is 15.9. The molecule has 24 heavy (non-hydrogen) atoms. The Labute approximate surface area is 146 Å². The van der Waals surface area contributed by atoms with Crippen LogP contribution in [0.1, 0.15) is 52.0 Å². The Balaban J connectivity index is 2.38. The van der Waals surface area contributed by atoms with Gasteiger partial charge in [-0.05, 0) is 45.1 Å². The smallest absolute Gasteiger partial charge is 0.311 e. The highest BCUT2D eigenvalue weighted by atomic mass is 16.6. The van der Waals surface area contributed by atoms with E-state index < -0.39 is 5.41 Å².